The van der Waals surface area contributed by atoms with Crippen LogP contribution in [0.4, 0.5) is 0 Å². The molecule has 0 bridgehead atoms. The Labute approximate surface area is 154 Å². The van der Waals surface area contributed by atoms with Gasteiger partial charge in [-0.3, -0.25) is 18.7 Å². The Morgan fingerprint density at radius 1 is 1.42 bits per heavy atom. The number of aliphatic hydroxyl groups is 1. The fourth-order valence-electron chi connectivity index (χ4n) is 3.09. The Morgan fingerprint density at radius 3 is 2.77 bits per heavy atom. The molecule has 0 saturated carbocycles. The molecule has 142 valence electrons. The summed E-state index contributed by atoms with van der Waals surface area (Å²) in [5.41, 5.74) is -0.472. The minimum Gasteiger partial charge on any atom is -0.392 e. The van der Waals surface area contributed by atoms with Crippen LogP contribution in [0.5, 0.6) is 0 Å². The highest BCUT2D eigenvalue weighted by Gasteiger charge is 2.31. The molecule has 2 aromatic rings. The van der Waals surface area contributed by atoms with Crippen LogP contribution in [0.25, 0.3) is 10.2 Å². The number of amides is 1. The third kappa shape index (κ3) is 3.34. The first-order valence-corrected chi connectivity index (χ1v) is 9.25. The first-order valence-electron chi connectivity index (χ1n) is 8.43. The third-order valence-electron chi connectivity index (χ3n) is 4.45. The molecule has 0 unspecified atom stereocenters. The van der Waals surface area contributed by atoms with Crippen molar-refractivity contribution in [1.82, 2.24) is 14.5 Å². The quantitative estimate of drug-likeness (QED) is 0.783. The average molecular weight is 381 g/mol. The van der Waals surface area contributed by atoms with Gasteiger partial charge in [-0.2, -0.15) is 0 Å². The highest BCUT2D eigenvalue weighted by molar-refractivity contribution is 7.18. The van der Waals surface area contributed by atoms with Gasteiger partial charge in [-0.05, 0) is 26.3 Å². The van der Waals surface area contributed by atoms with E-state index in [0.29, 0.717) is 23.2 Å². The van der Waals surface area contributed by atoms with Crippen LogP contribution in [0.2, 0.25) is 0 Å². The first kappa shape index (κ1) is 18.8. The summed E-state index contributed by atoms with van der Waals surface area (Å²) in [6.07, 6.45) is -0.128. The van der Waals surface area contributed by atoms with E-state index in [1.807, 2.05) is 13.8 Å². The monoisotopic (exact) mass is 381 g/mol. The van der Waals surface area contributed by atoms with Crippen molar-refractivity contribution in [2.24, 2.45) is 7.05 Å². The lowest BCUT2D eigenvalue weighted by Crippen LogP contribution is -2.44. The SMILES string of the molecule is C[C@H](O)CNC(=O)Cn1c(=O)c2c3c(sc2n(C)c1=O)COC(C)(C)C3. The number of aromatic nitrogens is 2. The van der Waals surface area contributed by atoms with Crippen LogP contribution in [-0.4, -0.2) is 38.4 Å². The number of carbonyl (C=O) groups excluding carboxylic acids is 1. The van der Waals surface area contributed by atoms with E-state index >= 15 is 0 Å². The summed E-state index contributed by atoms with van der Waals surface area (Å²) in [7, 11) is 1.60. The lowest BCUT2D eigenvalue weighted by molar-refractivity contribution is -0.122. The van der Waals surface area contributed by atoms with Crippen molar-refractivity contribution in [3.05, 3.63) is 31.3 Å². The van der Waals surface area contributed by atoms with Crippen molar-refractivity contribution in [3.8, 4) is 0 Å². The van der Waals surface area contributed by atoms with Crippen LogP contribution in [0.1, 0.15) is 31.2 Å². The number of ether oxygens (including phenoxy) is 1. The molecule has 8 nitrogen and oxygen atoms in total. The van der Waals surface area contributed by atoms with Gasteiger partial charge < -0.3 is 15.2 Å². The molecule has 1 atom stereocenters. The van der Waals surface area contributed by atoms with Gasteiger partial charge in [-0.25, -0.2) is 4.79 Å². The van der Waals surface area contributed by atoms with E-state index < -0.39 is 23.3 Å². The number of fused-ring (bicyclic) bond motifs is 3. The topological polar surface area (TPSA) is 103 Å². The fourth-order valence-corrected chi connectivity index (χ4v) is 4.26. The molecule has 1 amide bonds. The zero-order valence-electron chi connectivity index (χ0n) is 15.3. The third-order valence-corrected chi connectivity index (χ3v) is 5.73. The highest BCUT2D eigenvalue weighted by atomic mass is 32.1. The van der Waals surface area contributed by atoms with Gasteiger partial charge in [0.15, 0.2) is 0 Å². The highest BCUT2D eigenvalue weighted by Crippen LogP contribution is 2.36. The molecule has 0 aliphatic carbocycles. The van der Waals surface area contributed by atoms with Crippen LogP contribution >= 0.6 is 11.3 Å². The van der Waals surface area contributed by atoms with Gasteiger partial charge in [0, 0.05) is 24.9 Å². The molecule has 0 aromatic carbocycles. The van der Waals surface area contributed by atoms with Crippen molar-refractivity contribution in [3.63, 3.8) is 0 Å². The van der Waals surface area contributed by atoms with Crippen LogP contribution in [-0.2, 0) is 36.2 Å². The van der Waals surface area contributed by atoms with Crippen molar-refractivity contribution in [2.75, 3.05) is 6.54 Å². The Kier molecular flexibility index (Phi) is 4.80. The summed E-state index contributed by atoms with van der Waals surface area (Å²) in [4.78, 5) is 39.2. The molecule has 1 aliphatic rings. The maximum Gasteiger partial charge on any atom is 0.332 e. The number of aryl methyl sites for hydroxylation is 1. The number of carbonyl (C=O) groups is 1. The van der Waals surface area contributed by atoms with E-state index in [2.05, 4.69) is 5.32 Å². The molecule has 9 heteroatoms. The smallest absolute Gasteiger partial charge is 0.332 e. The predicted molar refractivity (Wildman–Crippen MR) is 98.6 cm³/mol. The van der Waals surface area contributed by atoms with Gasteiger partial charge in [0.2, 0.25) is 5.91 Å². The van der Waals surface area contributed by atoms with Gasteiger partial charge >= 0.3 is 5.69 Å². The maximum atomic E-state index is 13.0. The second kappa shape index (κ2) is 6.64. The number of hydrogen-bond donors (Lipinski definition) is 2. The van der Waals surface area contributed by atoms with Crippen LogP contribution in [0.15, 0.2) is 9.59 Å². The average Bonchev–Trinajstić information content (AvgIpc) is 2.92. The van der Waals surface area contributed by atoms with E-state index in [1.165, 1.54) is 15.9 Å². The second-order valence-electron chi connectivity index (χ2n) is 7.30. The van der Waals surface area contributed by atoms with Crippen molar-refractivity contribution in [1.29, 1.82) is 0 Å². The van der Waals surface area contributed by atoms with E-state index in [4.69, 9.17) is 4.74 Å². The lowest BCUT2D eigenvalue weighted by Gasteiger charge is -2.29. The Balaban J connectivity index is 2.10. The molecule has 2 N–H and O–H groups in total. The summed E-state index contributed by atoms with van der Waals surface area (Å²) in [5.74, 6) is -0.489. The molecule has 3 rings (SSSR count). The van der Waals surface area contributed by atoms with Crippen LogP contribution < -0.4 is 16.6 Å². The Hall–Kier alpha value is -1.97. The van der Waals surface area contributed by atoms with E-state index in [9.17, 15) is 19.5 Å². The number of nitrogens with one attached hydrogen (secondary N) is 1. The largest absolute Gasteiger partial charge is 0.392 e. The predicted octanol–water partition coefficient (Wildman–Crippen LogP) is 0.110. The van der Waals surface area contributed by atoms with Gasteiger partial charge in [0.25, 0.3) is 5.56 Å². The summed E-state index contributed by atoms with van der Waals surface area (Å²) in [5, 5.41) is 12.3. The summed E-state index contributed by atoms with van der Waals surface area (Å²) in [6, 6.07) is 0. The molecule has 3 heterocycles. The second-order valence-corrected chi connectivity index (χ2v) is 8.38. The molecule has 0 fully saturated rings. The molecule has 1 aliphatic heterocycles. The molecule has 0 radical (unpaired) electrons. The number of aliphatic hydroxyl groups excluding tert-OH is 1. The number of nitrogens with zero attached hydrogens (tertiary/aromatic N) is 2. The summed E-state index contributed by atoms with van der Waals surface area (Å²) < 4.78 is 8.17. The lowest BCUT2D eigenvalue weighted by atomic mass is 9.94. The van der Waals surface area contributed by atoms with Gasteiger partial charge in [0.05, 0.1) is 23.7 Å². The molecule has 0 spiro atoms. The first-order chi connectivity index (χ1) is 12.1. The normalized spacial score (nSPS) is 17.1. The zero-order valence-corrected chi connectivity index (χ0v) is 16.1. The van der Waals surface area contributed by atoms with Gasteiger partial charge in [-0.1, -0.05) is 0 Å². The fraction of sp³-hybridized carbons (Fsp3) is 0.588. The maximum absolute atomic E-state index is 13.0. The molecule has 2 aromatic heterocycles. The van der Waals surface area contributed by atoms with Crippen molar-refractivity contribution in [2.45, 2.75) is 52.0 Å². The number of rotatable bonds is 4. The van der Waals surface area contributed by atoms with Crippen LogP contribution in [0, 0.1) is 0 Å². The van der Waals surface area contributed by atoms with Crippen molar-refractivity contribution >= 4 is 27.5 Å². The Bertz CT molecular complexity index is 983. The zero-order chi connectivity index (χ0) is 19.2. The van der Waals surface area contributed by atoms with E-state index in [1.54, 1.807) is 14.0 Å². The van der Waals surface area contributed by atoms with Gasteiger partial charge in [0.1, 0.15) is 11.4 Å². The summed E-state index contributed by atoms with van der Waals surface area (Å²) in [6.45, 7) is 5.56. The van der Waals surface area contributed by atoms with Gasteiger partial charge in [-0.15, -0.1) is 11.3 Å². The molecule has 26 heavy (non-hydrogen) atoms. The Morgan fingerprint density at radius 2 is 2.12 bits per heavy atom. The molecule has 0 saturated heterocycles. The summed E-state index contributed by atoms with van der Waals surface area (Å²) >= 11 is 1.39. The number of thiophene rings is 1. The molecular formula is C17H23N3O5S. The standard InChI is InChI=1S/C17H23N3O5S/c1-9(21)6-18-12(22)7-20-14(23)13-10-5-17(2,3)25-8-11(10)26-15(13)19(4)16(20)24/h9,21H,5-8H2,1-4H3,(H,18,22)/t9-/m0/s1. The number of hydrogen-bond acceptors (Lipinski definition) is 6. The van der Waals surface area contributed by atoms with E-state index in [0.717, 1.165) is 15.0 Å². The molecular weight excluding hydrogens is 358 g/mol. The van der Waals surface area contributed by atoms with E-state index in [-0.39, 0.29) is 18.7 Å². The minimum absolute atomic E-state index is 0.0650. The minimum atomic E-state index is -0.702. The van der Waals surface area contributed by atoms with Crippen molar-refractivity contribution < 1.29 is 14.6 Å². The van der Waals surface area contributed by atoms with Crippen LogP contribution in [0.3, 0.4) is 0 Å².